The predicted molar refractivity (Wildman–Crippen MR) is 67.7 cm³/mol. The smallest absolute Gasteiger partial charge is 0.167 e. The number of benzene rings is 1. The molecule has 2 unspecified atom stereocenters. The molecule has 0 saturated carbocycles. The van der Waals surface area contributed by atoms with Crippen molar-refractivity contribution in [2.75, 3.05) is 0 Å². The average Bonchev–Trinajstić information content (AvgIpc) is 2.27. The molecule has 0 aliphatic heterocycles. The third kappa shape index (κ3) is 2.92. The van der Waals surface area contributed by atoms with Gasteiger partial charge in [0, 0.05) is 17.5 Å². The zero-order valence-corrected chi connectivity index (χ0v) is 10.5. The zero-order chi connectivity index (χ0) is 12.3. The van der Waals surface area contributed by atoms with E-state index in [-0.39, 0.29) is 17.7 Å². The fraction of sp³-hybridized carbons (Fsp3) is 0.500. The number of hydrogen-bond donors (Lipinski definition) is 1. The molecule has 0 fully saturated rings. The van der Waals surface area contributed by atoms with Crippen molar-refractivity contribution in [1.29, 1.82) is 0 Å². The third-order valence-electron chi connectivity index (χ3n) is 3.06. The van der Waals surface area contributed by atoms with Gasteiger partial charge in [-0.15, -0.1) is 0 Å². The Balaban J connectivity index is 2.86. The van der Waals surface area contributed by atoms with E-state index in [0.717, 1.165) is 5.56 Å². The summed E-state index contributed by atoms with van der Waals surface area (Å²) in [6, 6.07) is 7.74. The van der Waals surface area contributed by atoms with Crippen LogP contribution in [0.3, 0.4) is 0 Å². The van der Waals surface area contributed by atoms with Crippen LogP contribution in [0.1, 0.15) is 49.5 Å². The lowest BCUT2D eigenvalue weighted by Crippen LogP contribution is -2.30. The summed E-state index contributed by atoms with van der Waals surface area (Å²) in [6.45, 7) is 8.03. The van der Waals surface area contributed by atoms with Crippen molar-refractivity contribution in [2.45, 2.75) is 39.7 Å². The maximum absolute atomic E-state index is 12.0. The number of hydrogen-bond acceptors (Lipinski definition) is 2. The molecule has 2 heteroatoms. The number of ketones is 1. The Hall–Kier alpha value is -1.15. The molecule has 88 valence electrons. The van der Waals surface area contributed by atoms with Crippen molar-refractivity contribution >= 4 is 5.78 Å². The quantitative estimate of drug-likeness (QED) is 0.791. The van der Waals surface area contributed by atoms with Gasteiger partial charge >= 0.3 is 0 Å². The van der Waals surface area contributed by atoms with E-state index in [1.807, 2.05) is 38.1 Å². The van der Waals surface area contributed by atoms with Crippen molar-refractivity contribution < 1.29 is 4.79 Å². The van der Waals surface area contributed by atoms with Crippen molar-refractivity contribution in [3.63, 3.8) is 0 Å². The van der Waals surface area contributed by atoms with Gasteiger partial charge in [0.2, 0.25) is 0 Å². The average molecular weight is 219 g/mol. The number of carbonyl (C=O) groups excluding carboxylic acids is 1. The zero-order valence-electron chi connectivity index (χ0n) is 10.5. The van der Waals surface area contributed by atoms with Crippen LogP contribution in [0.25, 0.3) is 0 Å². The van der Waals surface area contributed by atoms with E-state index in [1.165, 1.54) is 5.56 Å². The standard InChI is InChI=1S/C14H21NO/c1-9(2)12-5-7-13(8-6-12)14(16)10(3)11(4)15/h5-11H,15H2,1-4H3. The van der Waals surface area contributed by atoms with E-state index in [9.17, 15) is 4.79 Å². The van der Waals surface area contributed by atoms with Crippen LogP contribution in [0.4, 0.5) is 0 Å². The van der Waals surface area contributed by atoms with Crippen LogP contribution in [-0.2, 0) is 0 Å². The van der Waals surface area contributed by atoms with Crippen LogP contribution >= 0.6 is 0 Å². The second-order valence-corrected chi connectivity index (χ2v) is 4.79. The topological polar surface area (TPSA) is 43.1 Å². The highest BCUT2D eigenvalue weighted by atomic mass is 16.1. The Morgan fingerprint density at radius 1 is 1.06 bits per heavy atom. The third-order valence-corrected chi connectivity index (χ3v) is 3.06. The van der Waals surface area contributed by atoms with E-state index >= 15 is 0 Å². The van der Waals surface area contributed by atoms with Gasteiger partial charge in [0.1, 0.15) is 0 Å². The number of nitrogens with two attached hydrogens (primary N) is 1. The van der Waals surface area contributed by atoms with Crippen LogP contribution in [0.5, 0.6) is 0 Å². The summed E-state index contributed by atoms with van der Waals surface area (Å²) in [6.07, 6.45) is 0. The lowest BCUT2D eigenvalue weighted by molar-refractivity contribution is 0.0917. The van der Waals surface area contributed by atoms with Gasteiger partial charge in [0.15, 0.2) is 5.78 Å². The summed E-state index contributed by atoms with van der Waals surface area (Å²) in [5.41, 5.74) is 7.74. The molecule has 0 bridgehead atoms. The normalized spacial score (nSPS) is 14.9. The summed E-state index contributed by atoms with van der Waals surface area (Å²) in [5, 5.41) is 0. The summed E-state index contributed by atoms with van der Waals surface area (Å²) < 4.78 is 0. The number of Topliss-reactive ketones (excluding diaryl/α,β-unsaturated/α-hetero) is 1. The molecule has 2 atom stereocenters. The van der Waals surface area contributed by atoms with E-state index < -0.39 is 0 Å². The van der Waals surface area contributed by atoms with Gasteiger partial charge in [-0.25, -0.2) is 0 Å². The van der Waals surface area contributed by atoms with Crippen LogP contribution in [-0.4, -0.2) is 11.8 Å². The molecule has 0 spiro atoms. The first-order chi connectivity index (χ1) is 7.43. The van der Waals surface area contributed by atoms with Crippen molar-refractivity contribution in [3.05, 3.63) is 35.4 Å². The van der Waals surface area contributed by atoms with Crippen LogP contribution in [0.2, 0.25) is 0 Å². The predicted octanol–water partition coefficient (Wildman–Crippen LogP) is 2.98. The number of rotatable bonds is 4. The molecule has 0 saturated heterocycles. The maximum atomic E-state index is 12.0. The van der Waals surface area contributed by atoms with Gasteiger partial charge in [-0.05, 0) is 18.4 Å². The molecule has 1 aromatic carbocycles. The molecule has 2 N–H and O–H groups in total. The fourth-order valence-electron chi connectivity index (χ4n) is 1.53. The molecule has 0 aliphatic carbocycles. The Morgan fingerprint density at radius 2 is 1.56 bits per heavy atom. The highest BCUT2D eigenvalue weighted by molar-refractivity contribution is 5.98. The molecule has 0 heterocycles. The van der Waals surface area contributed by atoms with E-state index in [0.29, 0.717) is 5.92 Å². The van der Waals surface area contributed by atoms with Gasteiger partial charge in [-0.2, -0.15) is 0 Å². The molecular formula is C14H21NO. The second-order valence-electron chi connectivity index (χ2n) is 4.79. The van der Waals surface area contributed by atoms with Gasteiger partial charge in [0.25, 0.3) is 0 Å². The maximum Gasteiger partial charge on any atom is 0.167 e. The second kappa shape index (κ2) is 5.26. The Labute approximate surface area is 97.9 Å². The SMILES string of the molecule is CC(C)c1ccc(C(=O)C(C)C(C)N)cc1. The molecule has 0 aliphatic rings. The molecule has 16 heavy (non-hydrogen) atoms. The summed E-state index contributed by atoms with van der Waals surface area (Å²) in [4.78, 5) is 12.0. The lowest BCUT2D eigenvalue weighted by atomic mass is 9.92. The first kappa shape index (κ1) is 12.9. The van der Waals surface area contributed by atoms with Crippen molar-refractivity contribution in [1.82, 2.24) is 0 Å². The molecule has 0 aromatic heterocycles. The molecular weight excluding hydrogens is 198 g/mol. The van der Waals surface area contributed by atoms with E-state index in [2.05, 4.69) is 13.8 Å². The van der Waals surface area contributed by atoms with Gasteiger partial charge in [-0.1, -0.05) is 45.0 Å². The van der Waals surface area contributed by atoms with Gasteiger partial charge in [-0.3, -0.25) is 4.79 Å². The minimum atomic E-state index is -0.120. The molecule has 1 aromatic rings. The molecule has 2 nitrogen and oxygen atoms in total. The summed E-state index contributed by atoms with van der Waals surface area (Å²) in [7, 11) is 0. The van der Waals surface area contributed by atoms with Crippen molar-refractivity contribution in [3.8, 4) is 0 Å². The monoisotopic (exact) mass is 219 g/mol. The molecule has 0 amide bonds. The Kier molecular flexibility index (Phi) is 4.25. The highest BCUT2D eigenvalue weighted by Crippen LogP contribution is 2.17. The number of carbonyl (C=O) groups is 1. The minimum absolute atomic E-state index is 0.0997. The minimum Gasteiger partial charge on any atom is -0.327 e. The van der Waals surface area contributed by atoms with Crippen LogP contribution in [0.15, 0.2) is 24.3 Å². The lowest BCUT2D eigenvalue weighted by Gasteiger charge is -2.14. The van der Waals surface area contributed by atoms with Crippen LogP contribution < -0.4 is 5.73 Å². The largest absolute Gasteiger partial charge is 0.327 e. The van der Waals surface area contributed by atoms with Crippen molar-refractivity contribution in [2.24, 2.45) is 11.7 Å². The first-order valence-corrected chi connectivity index (χ1v) is 5.83. The van der Waals surface area contributed by atoms with Gasteiger partial charge < -0.3 is 5.73 Å². The molecule has 0 radical (unpaired) electrons. The summed E-state index contributed by atoms with van der Waals surface area (Å²) in [5.74, 6) is 0.505. The fourth-order valence-corrected chi connectivity index (χ4v) is 1.53. The van der Waals surface area contributed by atoms with E-state index in [1.54, 1.807) is 0 Å². The van der Waals surface area contributed by atoms with Gasteiger partial charge in [0.05, 0.1) is 0 Å². The first-order valence-electron chi connectivity index (χ1n) is 5.83. The summed E-state index contributed by atoms with van der Waals surface area (Å²) >= 11 is 0. The Bertz CT molecular complexity index is 352. The Morgan fingerprint density at radius 3 is 1.94 bits per heavy atom. The highest BCUT2D eigenvalue weighted by Gasteiger charge is 2.18. The van der Waals surface area contributed by atoms with Crippen LogP contribution in [0, 0.1) is 5.92 Å². The van der Waals surface area contributed by atoms with E-state index in [4.69, 9.17) is 5.73 Å². The molecule has 1 rings (SSSR count).